The van der Waals surface area contributed by atoms with Gasteiger partial charge in [0.05, 0.1) is 29.8 Å². The third kappa shape index (κ3) is 5.11. The largest absolute Gasteiger partial charge is 0.494 e. The monoisotopic (exact) mass is 496 g/mol. The number of benzene rings is 3. The fraction of sp³-hybridized carbons (Fsp3) is 0.167. The minimum atomic E-state index is -0.0924. The number of thioether (sulfide) groups is 1. The van der Waals surface area contributed by atoms with Gasteiger partial charge in [-0.15, -0.1) is 0 Å². The number of fused-ring (bicyclic) bond motifs is 1. The Morgan fingerprint density at radius 1 is 0.968 bits per heavy atom. The molecule has 0 aliphatic heterocycles. The van der Waals surface area contributed by atoms with E-state index < -0.39 is 0 Å². The first-order chi connectivity index (χ1) is 15.2. The molecule has 0 amide bonds. The van der Waals surface area contributed by atoms with Crippen molar-refractivity contribution in [3.05, 3.63) is 87.6 Å². The fourth-order valence-electron chi connectivity index (χ4n) is 3.14. The van der Waals surface area contributed by atoms with Crippen LogP contribution in [0.3, 0.4) is 0 Å². The van der Waals surface area contributed by atoms with Crippen molar-refractivity contribution in [3.8, 4) is 17.2 Å². The molecule has 158 valence electrons. The summed E-state index contributed by atoms with van der Waals surface area (Å²) in [6.07, 6.45) is 0. The van der Waals surface area contributed by atoms with Gasteiger partial charge in [0.15, 0.2) is 5.16 Å². The first-order valence-corrected chi connectivity index (χ1v) is 11.7. The molecule has 1 aromatic heterocycles. The Balaban J connectivity index is 1.61. The van der Waals surface area contributed by atoms with Crippen LogP contribution in [0.15, 0.2) is 87.2 Å². The average Bonchev–Trinajstić information content (AvgIpc) is 2.78. The number of hydrogen-bond acceptors (Lipinski definition) is 5. The van der Waals surface area contributed by atoms with Crippen LogP contribution in [0.25, 0.3) is 16.6 Å². The fourth-order valence-corrected chi connectivity index (χ4v) is 4.35. The van der Waals surface area contributed by atoms with Crippen molar-refractivity contribution in [2.75, 3.05) is 19.0 Å². The lowest BCUT2D eigenvalue weighted by Gasteiger charge is -2.14. The van der Waals surface area contributed by atoms with E-state index in [4.69, 9.17) is 14.5 Å². The predicted octanol–water partition coefficient (Wildman–Crippen LogP) is 5.72. The number of nitrogens with zero attached hydrogens (tertiary/aromatic N) is 2. The Hall–Kier alpha value is -2.77. The summed E-state index contributed by atoms with van der Waals surface area (Å²) in [5.74, 6) is 2.21. The van der Waals surface area contributed by atoms with Crippen LogP contribution in [0, 0.1) is 0 Å². The molecule has 0 fully saturated rings. The lowest BCUT2D eigenvalue weighted by Crippen LogP contribution is -2.22. The number of rotatable bonds is 8. The molecule has 0 spiro atoms. The Kier molecular flexibility index (Phi) is 6.94. The van der Waals surface area contributed by atoms with Crippen LogP contribution in [0.4, 0.5) is 0 Å². The summed E-state index contributed by atoms with van der Waals surface area (Å²) in [4.78, 5) is 18.1. The molecule has 0 radical (unpaired) electrons. The Morgan fingerprint density at radius 3 is 2.55 bits per heavy atom. The number of hydrogen-bond donors (Lipinski definition) is 0. The lowest BCUT2D eigenvalue weighted by atomic mass is 10.2. The molecule has 3 aromatic carbocycles. The summed E-state index contributed by atoms with van der Waals surface area (Å²) in [5.41, 5.74) is 1.34. The van der Waals surface area contributed by atoms with Gasteiger partial charge in [-0.3, -0.25) is 9.36 Å². The topological polar surface area (TPSA) is 53.4 Å². The van der Waals surface area contributed by atoms with Crippen molar-refractivity contribution in [3.63, 3.8) is 0 Å². The Labute approximate surface area is 193 Å². The quantitative estimate of drug-likeness (QED) is 0.177. The Bertz CT molecular complexity index is 1240. The molecule has 0 N–H and O–H groups in total. The molecule has 4 aromatic rings. The lowest BCUT2D eigenvalue weighted by molar-refractivity contribution is 0.340. The predicted molar refractivity (Wildman–Crippen MR) is 129 cm³/mol. The molecule has 5 nitrogen and oxygen atoms in total. The van der Waals surface area contributed by atoms with Crippen molar-refractivity contribution >= 4 is 38.6 Å². The van der Waals surface area contributed by atoms with Gasteiger partial charge >= 0.3 is 0 Å². The highest BCUT2D eigenvalue weighted by molar-refractivity contribution is 9.10. The van der Waals surface area contributed by atoms with Gasteiger partial charge < -0.3 is 9.47 Å². The van der Waals surface area contributed by atoms with E-state index in [1.807, 2.05) is 73.7 Å². The van der Waals surface area contributed by atoms with E-state index >= 15 is 0 Å². The smallest absolute Gasteiger partial charge is 0.266 e. The second-order valence-corrected chi connectivity index (χ2v) is 8.61. The van der Waals surface area contributed by atoms with E-state index in [9.17, 15) is 4.79 Å². The second-order valence-electron chi connectivity index (χ2n) is 6.63. The van der Waals surface area contributed by atoms with Gasteiger partial charge in [-0.25, -0.2) is 4.98 Å². The summed E-state index contributed by atoms with van der Waals surface area (Å²) in [6, 6.07) is 22.6. The third-order valence-corrected chi connectivity index (χ3v) is 5.93. The summed E-state index contributed by atoms with van der Waals surface area (Å²) in [7, 11) is 0. The zero-order valence-corrected chi connectivity index (χ0v) is 19.4. The minimum absolute atomic E-state index is 0.0924. The molecule has 7 heteroatoms. The van der Waals surface area contributed by atoms with Crippen LogP contribution in [-0.2, 0) is 0 Å². The molecule has 0 unspecified atom stereocenters. The van der Waals surface area contributed by atoms with Gasteiger partial charge in [0.25, 0.3) is 5.56 Å². The molecule has 0 saturated carbocycles. The number of para-hydroxylation sites is 1. The molecule has 0 saturated heterocycles. The summed E-state index contributed by atoms with van der Waals surface area (Å²) in [5, 5.41) is 1.22. The van der Waals surface area contributed by atoms with Crippen LogP contribution in [0.1, 0.15) is 6.92 Å². The average molecular weight is 497 g/mol. The van der Waals surface area contributed by atoms with E-state index in [1.54, 1.807) is 10.6 Å². The standard InChI is InChI=1S/C24H21BrN2O3S/c1-2-29-19-12-10-18(11-13-19)27-23(28)21-8-3-4-9-22(21)26-24(27)31-15-14-30-20-7-5-6-17(25)16-20/h3-13,16H,2,14-15H2,1H3. The van der Waals surface area contributed by atoms with Gasteiger partial charge in [-0.2, -0.15) is 0 Å². The number of ether oxygens (including phenoxy) is 2. The molecule has 0 bridgehead atoms. The van der Waals surface area contributed by atoms with Crippen LogP contribution >= 0.6 is 27.7 Å². The Morgan fingerprint density at radius 2 is 1.77 bits per heavy atom. The third-order valence-electron chi connectivity index (χ3n) is 4.53. The maximum absolute atomic E-state index is 13.3. The number of halogens is 1. The van der Waals surface area contributed by atoms with Crippen LogP contribution in [-0.4, -0.2) is 28.5 Å². The first kappa shape index (κ1) is 21.5. The number of aromatic nitrogens is 2. The molecule has 0 aliphatic rings. The first-order valence-electron chi connectivity index (χ1n) is 9.92. The van der Waals surface area contributed by atoms with Crippen LogP contribution in [0.5, 0.6) is 11.5 Å². The molecule has 0 atom stereocenters. The highest BCUT2D eigenvalue weighted by Crippen LogP contribution is 2.23. The van der Waals surface area contributed by atoms with Crippen LogP contribution < -0.4 is 15.0 Å². The maximum Gasteiger partial charge on any atom is 0.266 e. The van der Waals surface area contributed by atoms with E-state index in [0.717, 1.165) is 21.7 Å². The zero-order chi connectivity index (χ0) is 21.6. The molecular formula is C24H21BrN2O3S. The minimum Gasteiger partial charge on any atom is -0.494 e. The van der Waals surface area contributed by atoms with E-state index in [-0.39, 0.29) is 5.56 Å². The normalized spacial score (nSPS) is 10.9. The van der Waals surface area contributed by atoms with Crippen LogP contribution in [0.2, 0.25) is 0 Å². The van der Waals surface area contributed by atoms with Crippen molar-refractivity contribution in [2.24, 2.45) is 0 Å². The van der Waals surface area contributed by atoms with E-state index in [0.29, 0.717) is 35.0 Å². The molecule has 31 heavy (non-hydrogen) atoms. The molecule has 0 aliphatic carbocycles. The van der Waals surface area contributed by atoms with Crippen molar-refractivity contribution in [1.29, 1.82) is 0 Å². The summed E-state index contributed by atoms with van der Waals surface area (Å²) >= 11 is 4.94. The van der Waals surface area contributed by atoms with Gasteiger partial charge in [0, 0.05) is 10.2 Å². The van der Waals surface area contributed by atoms with Gasteiger partial charge in [-0.05, 0) is 61.5 Å². The summed E-state index contributed by atoms with van der Waals surface area (Å²) in [6.45, 7) is 3.03. The second kappa shape index (κ2) is 10.0. The van der Waals surface area contributed by atoms with Crippen molar-refractivity contribution in [1.82, 2.24) is 9.55 Å². The van der Waals surface area contributed by atoms with Crippen molar-refractivity contribution < 1.29 is 9.47 Å². The summed E-state index contributed by atoms with van der Waals surface area (Å²) < 4.78 is 14.0. The van der Waals surface area contributed by atoms with Gasteiger partial charge in [-0.1, -0.05) is 45.9 Å². The highest BCUT2D eigenvalue weighted by Gasteiger charge is 2.13. The van der Waals surface area contributed by atoms with E-state index in [2.05, 4.69) is 15.9 Å². The molecular weight excluding hydrogens is 476 g/mol. The molecule has 4 rings (SSSR count). The van der Waals surface area contributed by atoms with E-state index in [1.165, 1.54) is 11.8 Å². The van der Waals surface area contributed by atoms with Gasteiger partial charge in [0.2, 0.25) is 0 Å². The zero-order valence-electron chi connectivity index (χ0n) is 17.0. The SMILES string of the molecule is CCOc1ccc(-n2c(SCCOc3cccc(Br)c3)nc3ccccc3c2=O)cc1. The highest BCUT2D eigenvalue weighted by atomic mass is 79.9. The van der Waals surface area contributed by atoms with Gasteiger partial charge in [0.1, 0.15) is 11.5 Å². The molecule has 1 heterocycles. The van der Waals surface area contributed by atoms with Crippen molar-refractivity contribution in [2.45, 2.75) is 12.1 Å². The maximum atomic E-state index is 13.3.